The molecular formula is C13H17NO5S. The number of benzene rings is 1. The quantitative estimate of drug-likeness (QED) is 0.849. The Labute approximate surface area is 117 Å². The van der Waals surface area contributed by atoms with Gasteiger partial charge in [-0.25, -0.2) is 8.42 Å². The topological polar surface area (TPSA) is 101 Å². The van der Waals surface area contributed by atoms with Gasteiger partial charge >= 0.3 is 5.97 Å². The molecule has 0 heterocycles. The van der Waals surface area contributed by atoms with Crippen molar-refractivity contribution in [2.45, 2.75) is 26.0 Å². The first kappa shape index (κ1) is 16.2. The number of carboxylic acid groups (broad SMARTS) is 1. The molecule has 0 radical (unpaired) electrons. The Kier molecular flexibility index (Phi) is 4.88. The Morgan fingerprint density at radius 3 is 2.35 bits per heavy atom. The van der Waals surface area contributed by atoms with E-state index in [0.717, 1.165) is 18.1 Å². The third-order valence-corrected chi connectivity index (χ3v) is 4.95. The van der Waals surface area contributed by atoms with Gasteiger partial charge in [-0.2, -0.15) is 0 Å². The van der Waals surface area contributed by atoms with Gasteiger partial charge in [0.2, 0.25) is 5.91 Å². The molecule has 20 heavy (non-hydrogen) atoms. The fourth-order valence-electron chi connectivity index (χ4n) is 1.48. The van der Waals surface area contributed by atoms with Crippen LogP contribution in [0.5, 0.6) is 0 Å². The molecule has 1 aromatic carbocycles. The Morgan fingerprint density at radius 2 is 1.85 bits per heavy atom. The highest BCUT2D eigenvalue weighted by Gasteiger charge is 2.29. The fourth-order valence-corrected chi connectivity index (χ4v) is 2.47. The van der Waals surface area contributed by atoms with Crippen LogP contribution < -0.4 is 5.32 Å². The minimum absolute atomic E-state index is 0.483. The molecule has 2 N–H and O–H groups in total. The maximum atomic E-state index is 11.7. The average molecular weight is 299 g/mol. The molecule has 6 nitrogen and oxygen atoms in total. The van der Waals surface area contributed by atoms with E-state index in [1.165, 1.54) is 0 Å². The summed E-state index contributed by atoms with van der Waals surface area (Å²) < 4.78 is 23.3. The number of rotatable bonds is 5. The first-order valence-corrected chi connectivity index (χ1v) is 7.66. The summed E-state index contributed by atoms with van der Waals surface area (Å²) in [5.41, 5.74) is 2.50. The molecule has 7 heteroatoms. The van der Waals surface area contributed by atoms with Crippen LogP contribution in [0.1, 0.15) is 18.1 Å². The lowest BCUT2D eigenvalue weighted by molar-refractivity contribution is -0.136. The lowest BCUT2D eigenvalue weighted by Crippen LogP contribution is -2.34. The van der Waals surface area contributed by atoms with Gasteiger partial charge in [0.05, 0.1) is 0 Å². The predicted molar refractivity (Wildman–Crippen MR) is 75.4 cm³/mol. The number of nitrogens with one attached hydrogen (secondary N) is 1. The number of anilines is 1. The van der Waals surface area contributed by atoms with E-state index in [2.05, 4.69) is 5.32 Å². The van der Waals surface area contributed by atoms with Gasteiger partial charge in [0.1, 0.15) is 5.75 Å². The van der Waals surface area contributed by atoms with E-state index >= 15 is 0 Å². The number of carbonyl (C=O) groups is 2. The number of carbonyl (C=O) groups excluding carboxylic acids is 1. The first-order valence-electron chi connectivity index (χ1n) is 5.95. The number of hydrogen-bond acceptors (Lipinski definition) is 4. The minimum atomic E-state index is -4.01. The molecule has 0 saturated carbocycles. The number of sulfone groups is 1. The molecule has 0 aliphatic carbocycles. The number of amides is 1. The van der Waals surface area contributed by atoms with Crippen molar-refractivity contribution < 1.29 is 23.1 Å². The first-order chi connectivity index (χ1) is 9.13. The van der Waals surface area contributed by atoms with Crippen molar-refractivity contribution in [1.82, 2.24) is 0 Å². The van der Waals surface area contributed by atoms with Crippen molar-refractivity contribution in [2.75, 3.05) is 11.1 Å². The molecule has 0 bridgehead atoms. The summed E-state index contributed by atoms with van der Waals surface area (Å²) in [4.78, 5) is 22.3. The van der Waals surface area contributed by atoms with Crippen molar-refractivity contribution in [3.05, 3.63) is 29.3 Å². The van der Waals surface area contributed by atoms with Crippen LogP contribution in [0.3, 0.4) is 0 Å². The van der Waals surface area contributed by atoms with Crippen molar-refractivity contribution in [1.29, 1.82) is 0 Å². The maximum absolute atomic E-state index is 11.7. The molecule has 1 amide bonds. The lowest BCUT2D eigenvalue weighted by atomic mass is 10.1. The number of carboxylic acids is 1. The monoisotopic (exact) mass is 299 g/mol. The van der Waals surface area contributed by atoms with Crippen LogP contribution in [0.15, 0.2) is 18.2 Å². The molecule has 1 aromatic rings. The van der Waals surface area contributed by atoms with Gasteiger partial charge < -0.3 is 10.4 Å². The van der Waals surface area contributed by atoms with Crippen molar-refractivity contribution in [3.63, 3.8) is 0 Å². The third kappa shape index (κ3) is 4.06. The van der Waals surface area contributed by atoms with Crippen molar-refractivity contribution in [2.24, 2.45) is 0 Å². The normalized spacial score (nSPS) is 12.8. The van der Waals surface area contributed by atoms with Gasteiger partial charge in [-0.15, -0.1) is 0 Å². The van der Waals surface area contributed by atoms with Crippen LogP contribution in [0, 0.1) is 13.8 Å². The van der Waals surface area contributed by atoms with E-state index in [-0.39, 0.29) is 0 Å². The molecule has 1 unspecified atom stereocenters. The number of aliphatic carboxylic acids is 1. The van der Waals surface area contributed by atoms with E-state index in [1.807, 2.05) is 13.8 Å². The molecule has 0 spiro atoms. The Hall–Kier alpha value is -1.89. The van der Waals surface area contributed by atoms with Crippen LogP contribution in [0.2, 0.25) is 0 Å². The van der Waals surface area contributed by atoms with Crippen LogP contribution in [0.25, 0.3) is 0 Å². The van der Waals surface area contributed by atoms with Crippen LogP contribution >= 0.6 is 0 Å². The maximum Gasteiger partial charge on any atom is 0.321 e. The van der Waals surface area contributed by atoms with Gasteiger partial charge in [-0.1, -0.05) is 6.07 Å². The molecule has 0 aliphatic heterocycles. The zero-order valence-corrected chi connectivity index (χ0v) is 12.3. The molecular weight excluding hydrogens is 282 g/mol. The SMILES string of the molecule is Cc1ccc(NC(=O)CS(=O)(=O)C(C)C(=O)O)cc1C. The van der Waals surface area contributed by atoms with Gasteiger partial charge in [-0.3, -0.25) is 9.59 Å². The second-order valence-electron chi connectivity index (χ2n) is 4.63. The second kappa shape index (κ2) is 6.04. The minimum Gasteiger partial charge on any atom is -0.480 e. The molecule has 0 aromatic heterocycles. The van der Waals surface area contributed by atoms with Gasteiger partial charge in [0.25, 0.3) is 0 Å². The predicted octanol–water partition coefficient (Wildman–Crippen LogP) is 1.13. The van der Waals surface area contributed by atoms with E-state index in [4.69, 9.17) is 5.11 Å². The van der Waals surface area contributed by atoms with Gasteiger partial charge in [0.15, 0.2) is 15.1 Å². The van der Waals surface area contributed by atoms with Gasteiger partial charge in [-0.05, 0) is 44.0 Å². The fraction of sp³-hybridized carbons (Fsp3) is 0.385. The molecule has 0 saturated heterocycles. The Balaban J connectivity index is 2.78. The zero-order valence-electron chi connectivity index (χ0n) is 11.5. The van der Waals surface area contributed by atoms with E-state index < -0.39 is 32.7 Å². The summed E-state index contributed by atoms with van der Waals surface area (Å²) >= 11 is 0. The average Bonchev–Trinajstić information content (AvgIpc) is 2.32. The zero-order chi connectivity index (χ0) is 15.5. The summed E-state index contributed by atoms with van der Waals surface area (Å²) in [6, 6.07) is 5.19. The standard InChI is InChI=1S/C13H17NO5S/c1-8-4-5-11(6-9(8)2)14-12(15)7-20(18,19)10(3)13(16)17/h4-6,10H,7H2,1-3H3,(H,14,15)(H,16,17). The van der Waals surface area contributed by atoms with Gasteiger partial charge in [0, 0.05) is 5.69 Å². The number of hydrogen-bond donors (Lipinski definition) is 2. The number of aryl methyl sites for hydroxylation is 2. The summed E-state index contributed by atoms with van der Waals surface area (Å²) in [5.74, 6) is -3.07. The summed E-state index contributed by atoms with van der Waals surface area (Å²) in [5, 5.41) is 9.52. The van der Waals surface area contributed by atoms with Crippen molar-refractivity contribution in [3.8, 4) is 0 Å². The highest BCUT2D eigenvalue weighted by Crippen LogP contribution is 2.14. The Morgan fingerprint density at radius 1 is 1.25 bits per heavy atom. The van der Waals surface area contributed by atoms with E-state index in [0.29, 0.717) is 5.69 Å². The smallest absolute Gasteiger partial charge is 0.321 e. The van der Waals surface area contributed by atoms with Crippen LogP contribution in [-0.2, 0) is 19.4 Å². The van der Waals surface area contributed by atoms with Crippen molar-refractivity contribution >= 4 is 27.4 Å². The molecule has 110 valence electrons. The third-order valence-electron chi connectivity index (χ3n) is 3.01. The molecule has 1 rings (SSSR count). The van der Waals surface area contributed by atoms with E-state index in [9.17, 15) is 18.0 Å². The summed E-state index contributed by atoms with van der Waals surface area (Å²) in [6.45, 7) is 4.83. The highest BCUT2D eigenvalue weighted by molar-refractivity contribution is 7.93. The lowest BCUT2D eigenvalue weighted by Gasteiger charge is -2.10. The summed E-state index contributed by atoms with van der Waals surface area (Å²) in [6.07, 6.45) is 0. The largest absolute Gasteiger partial charge is 0.480 e. The van der Waals surface area contributed by atoms with Crippen LogP contribution in [0.4, 0.5) is 5.69 Å². The molecule has 0 aliphatic rings. The van der Waals surface area contributed by atoms with Crippen LogP contribution in [-0.4, -0.2) is 36.4 Å². The molecule has 1 atom stereocenters. The second-order valence-corrected chi connectivity index (χ2v) is 6.96. The summed E-state index contributed by atoms with van der Waals surface area (Å²) in [7, 11) is -4.01. The Bertz CT molecular complexity index is 636. The van der Waals surface area contributed by atoms with E-state index in [1.54, 1.807) is 18.2 Å². The molecule has 0 fully saturated rings. The highest BCUT2D eigenvalue weighted by atomic mass is 32.2.